The third-order valence-electron chi connectivity index (χ3n) is 5.00. The Morgan fingerprint density at radius 1 is 1.06 bits per heavy atom. The highest BCUT2D eigenvalue weighted by molar-refractivity contribution is 7.91. The van der Waals surface area contributed by atoms with Crippen LogP contribution in [0.5, 0.6) is 0 Å². The van der Waals surface area contributed by atoms with E-state index in [1.54, 1.807) is 0 Å². The van der Waals surface area contributed by atoms with Gasteiger partial charge in [0.05, 0.1) is 16.3 Å². The van der Waals surface area contributed by atoms with Gasteiger partial charge in [-0.1, -0.05) is 42.5 Å². The van der Waals surface area contributed by atoms with Crippen molar-refractivity contribution in [3.8, 4) is 0 Å². The lowest BCUT2D eigenvalue weighted by atomic mass is 10.0. The molecule has 1 heterocycles. The molecule has 9 nitrogen and oxygen atoms in total. The summed E-state index contributed by atoms with van der Waals surface area (Å²) in [5, 5.41) is 21.5. The molecule has 2 atom stereocenters. The van der Waals surface area contributed by atoms with Gasteiger partial charge in [-0.05, 0) is 30.5 Å². The molecule has 0 spiro atoms. The maximum atomic E-state index is 13.1. The van der Waals surface area contributed by atoms with Gasteiger partial charge in [-0.25, -0.2) is 8.42 Å². The van der Waals surface area contributed by atoms with Crippen molar-refractivity contribution >= 4 is 33.4 Å². The van der Waals surface area contributed by atoms with Gasteiger partial charge in [0.2, 0.25) is 5.91 Å². The fourth-order valence-electron chi connectivity index (χ4n) is 3.52. The zero-order chi connectivity index (χ0) is 22.6. The number of carboxylic acids is 2. The van der Waals surface area contributed by atoms with Gasteiger partial charge in [0.25, 0.3) is 0 Å². The quantitative estimate of drug-likeness (QED) is 0.544. The number of carbonyl (C=O) groups excluding carboxylic acids is 1. The molecule has 164 valence electrons. The monoisotopic (exact) mass is 446 g/mol. The van der Waals surface area contributed by atoms with Gasteiger partial charge in [-0.3, -0.25) is 24.6 Å². The molecule has 0 saturated heterocycles. The Balaban J connectivity index is 1.89. The fraction of sp³-hybridized carbons (Fsp3) is 0.286. The number of hydrogen-bond acceptors (Lipinski definition) is 6. The minimum absolute atomic E-state index is 0.0321. The lowest BCUT2D eigenvalue weighted by Crippen LogP contribution is -2.54. The van der Waals surface area contributed by atoms with Gasteiger partial charge in [0.15, 0.2) is 9.84 Å². The van der Waals surface area contributed by atoms with E-state index in [4.69, 9.17) is 0 Å². The van der Waals surface area contributed by atoms with E-state index in [9.17, 15) is 33.0 Å². The predicted molar refractivity (Wildman–Crippen MR) is 112 cm³/mol. The highest BCUT2D eigenvalue weighted by Gasteiger charge is 2.40. The third-order valence-corrected chi connectivity index (χ3v) is 6.79. The van der Waals surface area contributed by atoms with Crippen LogP contribution in [0.1, 0.15) is 12.0 Å². The van der Waals surface area contributed by atoms with Crippen LogP contribution >= 0.6 is 0 Å². The van der Waals surface area contributed by atoms with Crippen LogP contribution in [0.25, 0.3) is 0 Å². The van der Waals surface area contributed by atoms with Gasteiger partial charge in [-0.15, -0.1) is 0 Å². The molecule has 0 bridgehead atoms. The summed E-state index contributed by atoms with van der Waals surface area (Å²) in [7, 11) is -3.98. The van der Waals surface area contributed by atoms with Crippen LogP contribution in [0.2, 0.25) is 0 Å². The molecule has 3 rings (SSSR count). The molecule has 0 fully saturated rings. The van der Waals surface area contributed by atoms with E-state index in [-0.39, 0.29) is 17.0 Å². The van der Waals surface area contributed by atoms with Crippen molar-refractivity contribution in [1.29, 1.82) is 0 Å². The summed E-state index contributed by atoms with van der Waals surface area (Å²) in [5.41, 5.74) is 0.866. The number of sulfone groups is 1. The molecular formula is C21H22N2O7S. The molecule has 3 N–H and O–H groups in total. The van der Waals surface area contributed by atoms with Crippen molar-refractivity contribution in [2.75, 3.05) is 17.2 Å². The van der Waals surface area contributed by atoms with Crippen molar-refractivity contribution in [3.05, 3.63) is 60.2 Å². The number of hydrogen-bond donors (Lipinski definition) is 3. The number of nitrogens with one attached hydrogen (secondary N) is 1. The number of carboxylic acid groups (broad SMARTS) is 2. The highest BCUT2D eigenvalue weighted by atomic mass is 32.2. The molecule has 2 aromatic rings. The van der Waals surface area contributed by atoms with Crippen LogP contribution in [-0.2, 0) is 30.6 Å². The van der Waals surface area contributed by atoms with Crippen LogP contribution in [0.4, 0.5) is 5.69 Å². The van der Waals surface area contributed by atoms with Crippen molar-refractivity contribution < 1.29 is 33.0 Å². The number of benzene rings is 2. The van der Waals surface area contributed by atoms with Crippen LogP contribution in [0, 0.1) is 0 Å². The van der Waals surface area contributed by atoms with Gasteiger partial charge in [-0.2, -0.15) is 0 Å². The Hall–Kier alpha value is -3.24. The zero-order valence-electron chi connectivity index (χ0n) is 16.5. The summed E-state index contributed by atoms with van der Waals surface area (Å²) in [6.45, 7) is -0.745. The molecule has 0 radical (unpaired) electrons. The summed E-state index contributed by atoms with van der Waals surface area (Å²) in [4.78, 5) is 36.9. The number of amides is 1. The molecule has 2 aromatic carbocycles. The molecule has 10 heteroatoms. The van der Waals surface area contributed by atoms with E-state index < -0.39 is 52.1 Å². The number of para-hydroxylation sites is 1. The molecule has 0 saturated carbocycles. The highest BCUT2D eigenvalue weighted by Crippen LogP contribution is 2.30. The van der Waals surface area contributed by atoms with Gasteiger partial charge >= 0.3 is 11.9 Å². The minimum atomic E-state index is -3.98. The Kier molecular flexibility index (Phi) is 6.71. The first kappa shape index (κ1) is 22.4. The molecule has 1 aliphatic heterocycles. The van der Waals surface area contributed by atoms with Crippen LogP contribution < -0.4 is 10.2 Å². The first-order chi connectivity index (χ1) is 14.7. The summed E-state index contributed by atoms with van der Waals surface area (Å²) in [6.07, 6.45) is 0.520. The number of anilines is 1. The Labute approximate surface area is 179 Å². The van der Waals surface area contributed by atoms with E-state index in [2.05, 4.69) is 5.32 Å². The molecule has 1 amide bonds. The second-order valence-corrected chi connectivity index (χ2v) is 9.20. The van der Waals surface area contributed by atoms with Crippen LogP contribution in [-0.4, -0.2) is 60.9 Å². The van der Waals surface area contributed by atoms with Crippen molar-refractivity contribution in [1.82, 2.24) is 5.32 Å². The zero-order valence-corrected chi connectivity index (χ0v) is 17.3. The van der Waals surface area contributed by atoms with Crippen molar-refractivity contribution in [2.45, 2.75) is 29.8 Å². The van der Waals surface area contributed by atoms with E-state index in [1.807, 2.05) is 30.3 Å². The van der Waals surface area contributed by atoms with Gasteiger partial charge in [0.1, 0.15) is 18.6 Å². The van der Waals surface area contributed by atoms with E-state index in [0.717, 1.165) is 10.5 Å². The Morgan fingerprint density at radius 2 is 1.71 bits per heavy atom. The number of carbonyl (C=O) groups is 3. The maximum absolute atomic E-state index is 13.1. The van der Waals surface area contributed by atoms with E-state index in [0.29, 0.717) is 6.42 Å². The Morgan fingerprint density at radius 3 is 2.35 bits per heavy atom. The minimum Gasteiger partial charge on any atom is -0.480 e. The standard InChI is InChI=1S/C21H22N2O7S/c24-19(25)12-23-17-8-4-5-9-18(17)31(29,30)13-16(20(23)26)22-15(21(27)28)11-10-14-6-2-1-3-7-14/h1-9,15-16,22H,10-13H2,(H,24,25)(H,27,28)/t15?,16-/m0/s1. The van der Waals surface area contributed by atoms with Gasteiger partial charge in [0, 0.05) is 0 Å². The maximum Gasteiger partial charge on any atom is 0.323 e. The number of fused-ring (bicyclic) bond motifs is 1. The summed E-state index contributed by atoms with van der Waals surface area (Å²) in [5.74, 6) is -4.02. The van der Waals surface area contributed by atoms with Crippen LogP contribution in [0.3, 0.4) is 0 Å². The van der Waals surface area contributed by atoms with E-state index in [1.165, 1.54) is 24.3 Å². The molecule has 31 heavy (non-hydrogen) atoms. The fourth-order valence-corrected chi connectivity index (χ4v) is 5.16. The molecule has 0 aliphatic carbocycles. The smallest absolute Gasteiger partial charge is 0.323 e. The number of rotatable bonds is 8. The average Bonchev–Trinajstić information content (AvgIpc) is 2.80. The summed E-state index contributed by atoms with van der Waals surface area (Å²) >= 11 is 0. The normalized spacial score (nSPS) is 18.6. The second kappa shape index (κ2) is 9.27. The van der Waals surface area contributed by atoms with Gasteiger partial charge < -0.3 is 10.2 Å². The lowest BCUT2D eigenvalue weighted by molar-refractivity contribution is -0.140. The predicted octanol–water partition coefficient (Wildman–Crippen LogP) is 0.936. The molecule has 0 aromatic heterocycles. The first-order valence-corrected chi connectivity index (χ1v) is 11.2. The lowest BCUT2D eigenvalue weighted by Gasteiger charge is -2.26. The Bertz CT molecular complexity index is 1090. The second-order valence-electron chi connectivity index (χ2n) is 7.20. The topological polar surface area (TPSA) is 141 Å². The SMILES string of the molecule is O=C(O)CN1C(=O)[C@@H](NC(CCc2ccccc2)C(=O)O)CS(=O)(=O)c2ccccc21. The van der Waals surface area contributed by atoms with E-state index >= 15 is 0 Å². The summed E-state index contributed by atoms with van der Waals surface area (Å²) < 4.78 is 25.8. The van der Waals surface area contributed by atoms with Crippen molar-refractivity contribution in [3.63, 3.8) is 0 Å². The average molecular weight is 446 g/mol. The van der Waals surface area contributed by atoms with Crippen LogP contribution in [0.15, 0.2) is 59.5 Å². The molecule has 1 aliphatic rings. The van der Waals surface area contributed by atoms with Crippen molar-refractivity contribution in [2.24, 2.45) is 0 Å². The largest absolute Gasteiger partial charge is 0.480 e. The molecule has 1 unspecified atom stereocenters. The number of nitrogens with zero attached hydrogens (tertiary/aromatic N) is 1. The first-order valence-electron chi connectivity index (χ1n) is 9.57. The third kappa shape index (κ3) is 5.28. The number of aryl methyl sites for hydroxylation is 1. The summed E-state index contributed by atoms with van der Waals surface area (Å²) in [6, 6.07) is 12.2. The molecular weight excluding hydrogens is 424 g/mol. The number of aliphatic carboxylic acids is 2.